The third-order valence-corrected chi connectivity index (χ3v) is 4.72. The largest absolute Gasteiger partial charge is 0.369 e. The van der Waals surface area contributed by atoms with Crippen molar-refractivity contribution >= 4 is 17.4 Å². The third kappa shape index (κ3) is 2.83. The second-order valence-corrected chi connectivity index (χ2v) is 6.24. The van der Waals surface area contributed by atoms with Gasteiger partial charge in [0.1, 0.15) is 0 Å². The maximum absolute atomic E-state index is 12.4. The van der Waals surface area contributed by atoms with E-state index in [1.807, 2.05) is 23.1 Å². The van der Waals surface area contributed by atoms with Crippen LogP contribution >= 0.6 is 0 Å². The van der Waals surface area contributed by atoms with Crippen LogP contribution in [-0.4, -0.2) is 32.2 Å². The van der Waals surface area contributed by atoms with Crippen LogP contribution in [0.1, 0.15) is 11.1 Å². The summed E-state index contributed by atoms with van der Waals surface area (Å²) < 4.78 is 0. The van der Waals surface area contributed by atoms with E-state index in [1.54, 1.807) is 0 Å². The van der Waals surface area contributed by atoms with E-state index >= 15 is 0 Å². The van der Waals surface area contributed by atoms with Crippen molar-refractivity contribution in [2.24, 2.45) is 0 Å². The molecule has 0 bridgehead atoms. The highest BCUT2D eigenvalue weighted by atomic mass is 16.2. The number of urea groups is 1. The summed E-state index contributed by atoms with van der Waals surface area (Å²) in [5.41, 5.74) is 4.62. The van der Waals surface area contributed by atoms with Crippen LogP contribution in [0.5, 0.6) is 0 Å². The number of carbonyl (C=O) groups is 1. The van der Waals surface area contributed by atoms with Gasteiger partial charge in [-0.2, -0.15) is 0 Å². The van der Waals surface area contributed by atoms with Gasteiger partial charge in [-0.25, -0.2) is 4.79 Å². The molecule has 1 saturated heterocycles. The Bertz CT molecular complexity index is 725. The van der Waals surface area contributed by atoms with Crippen molar-refractivity contribution in [3.63, 3.8) is 0 Å². The van der Waals surface area contributed by atoms with Gasteiger partial charge in [0.25, 0.3) is 0 Å². The highest BCUT2D eigenvalue weighted by molar-refractivity contribution is 5.96. The van der Waals surface area contributed by atoms with Crippen molar-refractivity contribution in [2.75, 3.05) is 36.0 Å². The quantitative estimate of drug-likeness (QED) is 0.912. The highest BCUT2D eigenvalue weighted by Crippen LogP contribution is 2.33. The molecule has 2 N–H and O–H groups in total. The van der Waals surface area contributed by atoms with E-state index in [-0.39, 0.29) is 6.03 Å². The number of piperazine rings is 1. The first kappa shape index (κ1) is 15.0. The molecule has 2 aliphatic rings. The van der Waals surface area contributed by atoms with Gasteiger partial charge in [0.2, 0.25) is 0 Å². The summed E-state index contributed by atoms with van der Waals surface area (Å²) >= 11 is 0. The summed E-state index contributed by atoms with van der Waals surface area (Å²) in [6, 6.07) is 16.4. The standard InChI is InChI=1S/C19H22N4O/c24-19-21-13-16-17(22-11-9-20-10-12-22)7-4-8-18(16)23(19)14-15-5-2-1-3-6-15/h1-8,20H,9-14H2,(H,21,24). The molecule has 0 saturated carbocycles. The fraction of sp³-hybridized carbons (Fsp3) is 0.316. The molecule has 2 heterocycles. The Kier molecular flexibility index (Phi) is 4.09. The molecule has 0 aliphatic carbocycles. The molecule has 0 atom stereocenters. The van der Waals surface area contributed by atoms with Crippen LogP contribution in [0.3, 0.4) is 0 Å². The number of hydrogen-bond donors (Lipinski definition) is 2. The molecule has 0 aromatic heterocycles. The normalized spacial score (nSPS) is 17.4. The number of nitrogens with one attached hydrogen (secondary N) is 2. The Labute approximate surface area is 142 Å². The van der Waals surface area contributed by atoms with Gasteiger partial charge in [-0.05, 0) is 17.7 Å². The molecule has 0 unspecified atom stereocenters. The first-order chi connectivity index (χ1) is 11.8. The van der Waals surface area contributed by atoms with E-state index < -0.39 is 0 Å². The van der Waals surface area contributed by atoms with Crippen LogP contribution in [0.2, 0.25) is 0 Å². The minimum atomic E-state index is -0.0242. The zero-order valence-electron chi connectivity index (χ0n) is 13.7. The van der Waals surface area contributed by atoms with E-state index in [0.717, 1.165) is 37.4 Å². The van der Waals surface area contributed by atoms with Crippen molar-refractivity contribution < 1.29 is 4.79 Å². The van der Waals surface area contributed by atoms with Gasteiger partial charge in [-0.1, -0.05) is 36.4 Å². The fourth-order valence-corrected chi connectivity index (χ4v) is 3.49. The molecule has 4 rings (SSSR count). The molecule has 0 radical (unpaired) electrons. The number of carbonyl (C=O) groups excluding carboxylic acids is 1. The summed E-state index contributed by atoms with van der Waals surface area (Å²) in [7, 11) is 0. The maximum atomic E-state index is 12.4. The number of rotatable bonds is 3. The summed E-state index contributed by atoms with van der Waals surface area (Å²) in [5.74, 6) is 0. The molecular formula is C19H22N4O. The van der Waals surface area contributed by atoms with Crippen molar-refractivity contribution in [1.82, 2.24) is 10.6 Å². The molecule has 2 aromatic rings. The van der Waals surface area contributed by atoms with E-state index in [4.69, 9.17) is 0 Å². The highest BCUT2D eigenvalue weighted by Gasteiger charge is 2.27. The lowest BCUT2D eigenvalue weighted by Crippen LogP contribution is -2.46. The molecule has 1 fully saturated rings. The second kappa shape index (κ2) is 6.53. The molecule has 5 nitrogen and oxygen atoms in total. The molecule has 24 heavy (non-hydrogen) atoms. The van der Waals surface area contributed by atoms with Gasteiger partial charge < -0.3 is 15.5 Å². The Morgan fingerprint density at radius 2 is 1.67 bits per heavy atom. The zero-order chi connectivity index (χ0) is 16.4. The molecule has 2 aliphatic heterocycles. The molecule has 124 valence electrons. The topological polar surface area (TPSA) is 47.6 Å². The van der Waals surface area contributed by atoms with Crippen LogP contribution in [0, 0.1) is 0 Å². The number of anilines is 2. The third-order valence-electron chi connectivity index (χ3n) is 4.72. The average molecular weight is 322 g/mol. The van der Waals surface area contributed by atoms with Gasteiger partial charge >= 0.3 is 6.03 Å². The Morgan fingerprint density at radius 1 is 0.917 bits per heavy atom. The average Bonchev–Trinajstić information content (AvgIpc) is 2.65. The summed E-state index contributed by atoms with van der Waals surface area (Å²) in [6.45, 7) is 5.20. The maximum Gasteiger partial charge on any atom is 0.322 e. The lowest BCUT2D eigenvalue weighted by atomic mass is 10.0. The van der Waals surface area contributed by atoms with Crippen LogP contribution in [0.25, 0.3) is 0 Å². The van der Waals surface area contributed by atoms with E-state index in [0.29, 0.717) is 13.1 Å². The van der Waals surface area contributed by atoms with Gasteiger partial charge in [0.15, 0.2) is 0 Å². The van der Waals surface area contributed by atoms with Gasteiger partial charge in [-0.3, -0.25) is 4.90 Å². The fourth-order valence-electron chi connectivity index (χ4n) is 3.49. The first-order valence-electron chi connectivity index (χ1n) is 8.50. The number of benzene rings is 2. The van der Waals surface area contributed by atoms with Crippen LogP contribution in [0.15, 0.2) is 48.5 Å². The van der Waals surface area contributed by atoms with Crippen LogP contribution < -0.4 is 20.4 Å². The number of fused-ring (bicyclic) bond motifs is 1. The van der Waals surface area contributed by atoms with E-state index in [9.17, 15) is 4.79 Å². The molecule has 2 aromatic carbocycles. The molecule has 2 amide bonds. The Morgan fingerprint density at radius 3 is 2.46 bits per heavy atom. The Hall–Kier alpha value is -2.53. The van der Waals surface area contributed by atoms with Crippen molar-refractivity contribution in [3.05, 3.63) is 59.7 Å². The minimum Gasteiger partial charge on any atom is -0.369 e. The van der Waals surface area contributed by atoms with Gasteiger partial charge in [0.05, 0.1) is 12.2 Å². The number of hydrogen-bond acceptors (Lipinski definition) is 3. The monoisotopic (exact) mass is 322 g/mol. The molecule has 0 spiro atoms. The Balaban J connectivity index is 1.68. The minimum absolute atomic E-state index is 0.0242. The summed E-state index contributed by atoms with van der Waals surface area (Å²) in [5, 5.41) is 6.42. The predicted molar refractivity (Wildman–Crippen MR) is 96.4 cm³/mol. The van der Waals surface area contributed by atoms with Crippen molar-refractivity contribution in [2.45, 2.75) is 13.1 Å². The van der Waals surface area contributed by atoms with Gasteiger partial charge in [0, 0.05) is 44.0 Å². The first-order valence-corrected chi connectivity index (χ1v) is 8.50. The second-order valence-electron chi connectivity index (χ2n) is 6.24. The van der Waals surface area contributed by atoms with Crippen LogP contribution in [-0.2, 0) is 13.1 Å². The number of nitrogens with zero attached hydrogens (tertiary/aromatic N) is 2. The van der Waals surface area contributed by atoms with Crippen LogP contribution in [0.4, 0.5) is 16.2 Å². The van der Waals surface area contributed by atoms with Crippen molar-refractivity contribution in [3.8, 4) is 0 Å². The molecular weight excluding hydrogens is 300 g/mol. The zero-order valence-corrected chi connectivity index (χ0v) is 13.7. The lowest BCUT2D eigenvalue weighted by molar-refractivity contribution is 0.244. The van der Waals surface area contributed by atoms with Crippen molar-refractivity contribution in [1.29, 1.82) is 0 Å². The van der Waals surface area contributed by atoms with E-state index in [1.165, 1.54) is 11.3 Å². The van der Waals surface area contributed by atoms with E-state index in [2.05, 4.69) is 45.9 Å². The van der Waals surface area contributed by atoms with Gasteiger partial charge in [-0.15, -0.1) is 0 Å². The molecule has 5 heteroatoms. The smallest absolute Gasteiger partial charge is 0.322 e. The SMILES string of the molecule is O=C1NCc2c(N3CCNCC3)cccc2N1Cc1ccccc1. The predicted octanol–water partition coefficient (Wildman–Crippen LogP) is 2.33. The lowest BCUT2D eigenvalue weighted by Gasteiger charge is -2.36. The number of amides is 2. The summed E-state index contributed by atoms with van der Waals surface area (Å²) in [4.78, 5) is 16.7. The summed E-state index contributed by atoms with van der Waals surface area (Å²) in [6.07, 6.45) is 0.